The van der Waals surface area contributed by atoms with Crippen LogP contribution in [-0.2, 0) is 45.1 Å². The van der Waals surface area contributed by atoms with Gasteiger partial charge in [0, 0.05) is 19.9 Å². The van der Waals surface area contributed by atoms with E-state index < -0.39 is 24.0 Å². The maximum absolute atomic E-state index is 13.9. The van der Waals surface area contributed by atoms with Gasteiger partial charge in [0.05, 0.1) is 12.0 Å². The van der Waals surface area contributed by atoms with E-state index >= 15 is 0 Å². The minimum atomic E-state index is -0.819. The van der Waals surface area contributed by atoms with Crippen LogP contribution in [0, 0.1) is 5.92 Å². The molecular weight excluding hydrogens is 514 g/mol. The van der Waals surface area contributed by atoms with Gasteiger partial charge in [-0.3, -0.25) is 9.59 Å². The zero-order valence-corrected chi connectivity index (χ0v) is 23.2. The summed E-state index contributed by atoms with van der Waals surface area (Å²) in [5.41, 5.74) is 3.55. The van der Waals surface area contributed by atoms with E-state index in [4.69, 9.17) is 9.47 Å². The average Bonchev–Trinajstić information content (AvgIpc) is 3.02. The number of ether oxygens (including phenoxy) is 2. The third kappa shape index (κ3) is 9.17. The van der Waals surface area contributed by atoms with E-state index in [2.05, 4.69) is 0 Å². The molecule has 2 atom stereocenters. The number of nitrogens with zero attached hydrogens (tertiary/aromatic N) is 1. The summed E-state index contributed by atoms with van der Waals surface area (Å²) in [6, 6.07) is 37.1. The van der Waals surface area contributed by atoms with Crippen LogP contribution in [0.1, 0.15) is 28.7 Å². The Hall–Kier alpha value is -4.71. The average molecular weight is 550 g/mol. The highest BCUT2D eigenvalue weighted by Gasteiger charge is 2.32. The summed E-state index contributed by atoms with van der Waals surface area (Å²) in [6.07, 6.45) is -0.0285. The molecule has 4 aromatic rings. The third-order valence-corrected chi connectivity index (χ3v) is 6.93. The molecule has 0 bridgehead atoms. The molecule has 41 heavy (non-hydrogen) atoms. The van der Waals surface area contributed by atoms with E-state index in [9.17, 15) is 14.4 Å². The first-order chi connectivity index (χ1) is 20.0. The lowest BCUT2D eigenvalue weighted by Gasteiger charge is -2.28. The monoisotopic (exact) mass is 549 g/mol. The number of amides is 1. The number of benzene rings is 4. The summed E-state index contributed by atoms with van der Waals surface area (Å²) in [4.78, 5) is 41.6. The van der Waals surface area contributed by atoms with Crippen molar-refractivity contribution in [3.63, 3.8) is 0 Å². The maximum Gasteiger partial charge on any atom is 0.410 e. The summed E-state index contributed by atoms with van der Waals surface area (Å²) in [5, 5.41) is 0. The topological polar surface area (TPSA) is 72.9 Å². The Labute approximate surface area is 241 Å². The van der Waals surface area contributed by atoms with Gasteiger partial charge in [-0.25, -0.2) is 4.79 Å². The number of rotatable bonds is 13. The molecule has 0 N–H and O–H groups in total. The first-order valence-electron chi connectivity index (χ1n) is 13.7. The number of likely N-dealkylation sites (N-methyl/N-ethyl adjacent to an activating group) is 1. The molecule has 6 nitrogen and oxygen atoms in total. The highest BCUT2D eigenvalue weighted by molar-refractivity contribution is 5.90. The summed E-state index contributed by atoms with van der Waals surface area (Å²) < 4.78 is 11.2. The van der Waals surface area contributed by atoms with Gasteiger partial charge in [-0.1, -0.05) is 121 Å². The molecule has 0 heterocycles. The van der Waals surface area contributed by atoms with Crippen molar-refractivity contribution in [3.8, 4) is 0 Å². The van der Waals surface area contributed by atoms with Gasteiger partial charge in [0.2, 0.25) is 0 Å². The van der Waals surface area contributed by atoms with Crippen molar-refractivity contribution >= 4 is 17.8 Å². The SMILES string of the molecule is CN(C(=O)OCc1ccccc1)[C@@H](Cc1ccccc1)C(=O)C[C@@H](Cc1ccccc1)C(=O)OCc1ccccc1. The van der Waals surface area contributed by atoms with Crippen molar-refractivity contribution in [2.24, 2.45) is 5.92 Å². The Morgan fingerprint density at radius 2 is 1.00 bits per heavy atom. The van der Waals surface area contributed by atoms with Crippen LogP contribution >= 0.6 is 0 Å². The second-order valence-electron chi connectivity index (χ2n) is 10.0. The van der Waals surface area contributed by atoms with Crippen LogP contribution in [0.5, 0.6) is 0 Å². The van der Waals surface area contributed by atoms with Gasteiger partial charge in [-0.2, -0.15) is 0 Å². The van der Waals surface area contributed by atoms with Crippen LogP contribution in [0.4, 0.5) is 4.79 Å². The third-order valence-electron chi connectivity index (χ3n) is 6.93. The summed E-state index contributed by atoms with van der Waals surface area (Å²) in [5.74, 6) is -1.38. The van der Waals surface area contributed by atoms with Crippen molar-refractivity contribution < 1.29 is 23.9 Å². The molecule has 1 amide bonds. The van der Waals surface area contributed by atoms with Crippen molar-refractivity contribution in [1.29, 1.82) is 0 Å². The Balaban J connectivity index is 1.51. The van der Waals surface area contributed by atoms with Gasteiger partial charge in [-0.15, -0.1) is 0 Å². The normalized spacial score (nSPS) is 12.1. The molecule has 4 rings (SSSR count). The predicted octanol–water partition coefficient (Wildman–Crippen LogP) is 6.43. The number of ketones is 1. The minimum absolute atomic E-state index is 0.0731. The minimum Gasteiger partial charge on any atom is -0.461 e. The van der Waals surface area contributed by atoms with Gasteiger partial charge in [0.1, 0.15) is 13.2 Å². The molecule has 0 spiro atoms. The molecule has 0 aliphatic heterocycles. The first kappa shape index (κ1) is 29.3. The van der Waals surface area contributed by atoms with Crippen molar-refractivity contribution in [2.45, 2.75) is 38.5 Å². The number of Topliss-reactive ketones (excluding diaryl/α,β-unsaturated/α-hetero) is 1. The number of carbonyl (C=O) groups excluding carboxylic acids is 3. The van der Waals surface area contributed by atoms with E-state index in [1.54, 1.807) is 7.05 Å². The zero-order chi connectivity index (χ0) is 28.9. The molecule has 0 unspecified atom stereocenters. The zero-order valence-electron chi connectivity index (χ0n) is 23.2. The van der Waals surface area contributed by atoms with E-state index in [-0.39, 0.29) is 25.4 Å². The van der Waals surface area contributed by atoms with E-state index in [0.29, 0.717) is 12.8 Å². The Morgan fingerprint density at radius 3 is 1.49 bits per heavy atom. The molecular formula is C35H35NO5. The van der Waals surface area contributed by atoms with Crippen LogP contribution in [0.25, 0.3) is 0 Å². The molecule has 0 saturated carbocycles. The van der Waals surface area contributed by atoms with Crippen LogP contribution in [-0.4, -0.2) is 35.8 Å². The van der Waals surface area contributed by atoms with Gasteiger partial charge in [-0.05, 0) is 28.7 Å². The molecule has 4 aromatic carbocycles. The lowest BCUT2D eigenvalue weighted by Crippen LogP contribution is -2.45. The van der Waals surface area contributed by atoms with Crippen LogP contribution in [0.15, 0.2) is 121 Å². The highest BCUT2D eigenvalue weighted by atomic mass is 16.6. The first-order valence-corrected chi connectivity index (χ1v) is 13.7. The molecule has 0 aliphatic rings. The smallest absolute Gasteiger partial charge is 0.410 e. The number of carbonyl (C=O) groups is 3. The fraction of sp³-hybridized carbons (Fsp3) is 0.229. The van der Waals surface area contributed by atoms with E-state index in [0.717, 1.165) is 22.3 Å². The fourth-order valence-corrected chi connectivity index (χ4v) is 4.62. The standard InChI is InChI=1S/C35H35NO5/c1-36(35(39)41-26-30-20-12-5-13-21-30)32(23-28-16-8-3-9-17-28)33(37)24-31(22-27-14-6-2-7-15-27)34(38)40-25-29-18-10-4-11-19-29/h2-21,31-32H,22-26H2,1H3/t31-,32+/m1/s1. The largest absolute Gasteiger partial charge is 0.461 e. The van der Waals surface area contributed by atoms with Crippen molar-refractivity contribution in [2.75, 3.05) is 7.05 Å². The molecule has 0 fully saturated rings. The number of hydrogen-bond donors (Lipinski definition) is 0. The van der Waals surface area contributed by atoms with E-state index in [1.807, 2.05) is 121 Å². The predicted molar refractivity (Wildman–Crippen MR) is 158 cm³/mol. The summed E-state index contributed by atoms with van der Waals surface area (Å²) in [6.45, 7) is 0.219. The van der Waals surface area contributed by atoms with Crippen LogP contribution in [0.3, 0.4) is 0 Å². The van der Waals surface area contributed by atoms with Crippen molar-refractivity contribution in [1.82, 2.24) is 4.90 Å². The van der Waals surface area contributed by atoms with Crippen molar-refractivity contribution in [3.05, 3.63) is 144 Å². The Kier molecular flexibility index (Phi) is 10.8. The number of esters is 1. The lowest BCUT2D eigenvalue weighted by molar-refractivity contribution is -0.151. The lowest BCUT2D eigenvalue weighted by atomic mass is 9.90. The van der Waals surface area contributed by atoms with Crippen LogP contribution in [0.2, 0.25) is 0 Å². The molecule has 0 saturated heterocycles. The molecule has 6 heteroatoms. The Morgan fingerprint density at radius 1 is 0.585 bits per heavy atom. The van der Waals surface area contributed by atoms with Gasteiger partial charge in [0.15, 0.2) is 5.78 Å². The second kappa shape index (κ2) is 15.2. The van der Waals surface area contributed by atoms with Crippen LogP contribution < -0.4 is 0 Å². The van der Waals surface area contributed by atoms with Gasteiger partial charge >= 0.3 is 12.1 Å². The summed E-state index contributed by atoms with van der Waals surface area (Å²) in [7, 11) is 1.57. The quantitative estimate of drug-likeness (QED) is 0.180. The molecule has 210 valence electrons. The molecule has 0 radical (unpaired) electrons. The molecule has 0 aromatic heterocycles. The van der Waals surface area contributed by atoms with Gasteiger partial charge in [0.25, 0.3) is 0 Å². The van der Waals surface area contributed by atoms with E-state index in [1.165, 1.54) is 4.90 Å². The number of hydrogen-bond acceptors (Lipinski definition) is 5. The fourth-order valence-electron chi connectivity index (χ4n) is 4.62. The maximum atomic E-state index is 13.9. The van der Waals surface area contributed by atoms with Gasteiger partial charge < -0.3 is 14.4 Å². The Bertz CT molecular complexity index is 1380. The summed E-state index contributed by atoms with van der Waals surface area (Å²) >= 11 is 0. The molecule has 0 aliphatic carbocycles. The second-order valence-corrected chi connectivity index (χ2v) is 10.0. The highest BCUT2D eigenvalue weighted by Crippen LogP contribution is 2.20.